The van der Waals surface area contributed by atoms with Crippen LogP contribution in [0.2, 0.25) is 0 Å². The SMILES string of the molecule is C#CCOCc1cc(-c2cccs2)ncn1. The summed E-state index contributed by atoms with van der Waals surface area (Å²) in [5, 5.41) is 2.02. The minimum absolute atomic E-state index is 0.304. The molecular formula is C12H10N2OS. The van der Waals surface area contributed by atoms with Crippen LogP contribution >= 0.6 is 11.3 Å². The Morgan fingerprint density at radius 2 is 2.38 bits per heavy atom. The fraction of sp³-hybridized carbons (Fsp3) is 0.167. The lowest BCUT2D eigenvalue weighted by molar-refractivity contribution is 0.150. The zero-order valence-electron chi connectivity index (χ0n) is 8.59. The average molecular weight is 230 g/mol. The predicted molar refractivity (Wildman–Crippen MR) is 63.8 cm³/mol. The summed E-state index contributed by atoms with van der Waals surface area (Å²) in [4.78, 5) is 9.46. The van der Waals surface area contributed by atoms with Crippen LogP contribution in [0, 0.1) is 12.3 Å². The van der Waals surface area contributed by atoms with Crippen molar-refractivity contribution in [2.75, 3.05) is 6.61 Å². The van der Waals surface area contributed by atoms with Crippen molar-refractivity contribution in [3.05, 3.63) is 35.6 Å². The molecular weight excluding hydrogens is 220 g/mol. The third kappa shape index (κ3) is 2.66. The molecule has 2 aromatic heterocycles. The first kappa shape index (κ1) is 10.8. The Hall–Kier alpha value is -1.70. The number of rotatable bonds is 4. The number of thiophene rings is 1. The fourth-order valence-electron chi connectivity index (χ4n) is 1.25. The highest BCUT2D eigenvalue weighted by Gasteiger charge is 2.02. The normalized spacial score (nSPS) is 9.94. The van der Waals surface area contributed by atoms with Gasteiger partial charge in [0.2, 0.25) is 0 Å². The number of nitrogens with zero attached hydrogens (tertiary/aromatic N) is 2. The predicted octanol–water partition coefficient (Wildman–Crippen LogP) is 2.35. The van der Waals surface area contributed by atoms with Gasteiger partial charge in [-0.2, -0.15) is 0 Å². The van der Waals surface area contributed by atoms with Crippen molar-refractivity contribution in [2.45, 2.75) is 6.61 Å². The summed E-state index contributed by atoms with van der Waals surface area (Å²) in [6.45, 7) is 0.726. The molecule has 0 unspecified atom stereocenters. The van der Waals surface area contributed by atoms with E-state index in [1.54, 1.807) is 17.7 Å². The molecule has 0 radical (unpaired) electrons. The van der Waals surface area contributed by atoms with Gasteiger partial charge in [-0.15, -0.1) is 17.8 Å². The standard InChI is InChI=1S/C12H10N2OS/c1-2-5-15-8-10-7-11(14-9-13-10)12-4-3-6-16-12/h1,3-4,6-7,9H,5,8H2. The molecule has 0 N–H and O–H groups in total. The van der Waals surface area contributed by atoms with Crippen LogP contribution in [-0.2, 0) is 11.3 Å². The molecule has 0 bridgehead atoms. The minimum Gasteiger partial charge on any atom is -0.363 e. The van der Waals surface area contributed by atoms with Crippen LogP contribution in [0.4, 0.5) is 0 Å². The second-order valence-electron chi connectivity index (χ2n) is 3.07. The number of hydrogen-bond acceptors (Lipinski definition) is 4. The van der Waals surface area contributed by atoms with Crippen LogP contribution in [0.1, 0.15) is 5.69 Å². The molecule has 0 saturated heterocycles. The van der Waals surface area contributed by atoms with Gasteiger partial charge >= 0.3 is 0 Å². The maximum atomic E-state index is 5.22. The molecule has 4 heteroatoms. The quantitative estimate of drug-likeness (QED) is 0.597. The van der Waals surface area contributed by atoms with Crippen LogP contribution in [0.5, 0.6) is 0 Å². The second kappa shape index (κ2) is 5.40. The van der Waals surface area contributed by atoms with Gasteiger partial charge in [-0.05, 0) is 17.5 Å². The number of hydrogen-bond donors (Lipinski definition) is 0. The van der Waals surface area contributed by atoms with E-state index in [4.69, 9.17) is 11.2 Å². The zero-order valence-corrected chi connectivity index (χ0v) is 9.41. The molecule has 0 amide bonds. The van der Waals surface area contributed by atoms with Gasteiger partial charge in [0, 0.05) is 0 Å². The van der Waals surface area contributed by atoms with E-state index in [1.165, 1.54) is 0 Å². The monoisotopic (exact) mass is 230 g/mol. The van der Waals surface area contributed by atoms with E-state index < -0.39 is 0 Å². The molecule has 0 aromatic carbocycles. The first-order valence-electron chi connectivity index (χ1n) is 4.76. The summed E-state index contributed by atoms with van der Waals surface area (Å²) in [7, 11) is 0. The topological polar surface area (TPSA) is 35.0 Å². The molecule has 0 atom stereocenters. The summed E-state index contributed by atoms with van der Waals surface area (Å²) >= 11 is 1.65. The highest BCUT2D eigenvalue weighted by Crippen LogP contribution is 2.22. The van der Waals surface area contributed by atoms with E-state index in [2.05, 4.69) is 15.9 Å². The van der Waals surface area contributed by atoms with Crippen LogP contribution in [0.3, 0.4) is 0 Å². The van der Waals surface area contributed by atoms with Crippen LogP contribution in [0.25, 0.3) is 10.6 Å². The van der Waals surface area contributed by atoms with Gasteiger partial charge in [0.15, 0.2) is 0 Å². The molecule has 0 spiro atoms. The summed E-state index contributed by atoms with van der Waals surface area (Å²) in [5.74, 6) is 2.42. The summed E-state index contributed by atoms with van der Waals surface area (Å²) in [6.07, 6.45) is 6.64. The lowest BCUT2D eigenvalue weighted by atomic mass is 10.3. The Morgan fingerprint density at radius 1 is 1.44 bits per heavy atom. The Balaban J connectivity index is 2.11. The average Bonchev–Trinajstić information content (AvgIpc) is 2.83. The number of terminal acetylenes is 1. The molecule has 2 rings (SSSR count). The molecule has 2 aromatic rings. The maximum absolute atomic E-state index is 5.22. The van der Waals surface area contributed by atoms with Crippen molar-refractivity contribution < 1.29 is 4.74 Å². The van der Waals surface area contributed by atoms with E-state index in [-0.39, 0.29) is 0 Å². The fourth-order valence-corrected chi connectivity index (χ4v) is 1.94. The van der Waals surface area contributed by atoms with Crippen LogP contribution in [-0.4, -0.2) is 16.6 Å². The van der Waals surface area contributed by atoms with Gasteiger partial charge < -0.3 is 4.74 Å². The van der Waals surface area contributed by atoms with Crippen LogP contribution in [0.15, 0.2) is 29.9 Å². The molecule has 16 heavy (non-hydrogen) atoms. The summed E-state index contributed by atoms with van der Waals surface area (Å²) in [6, 6.07) is 5.94. The van der Waals surface area contributed by atoms with Gasteiger partial charge in [-0.25, -0.2) is 9.97 Å². The molecule has 0 aliphatic heterocycles. The van der Waals surface area contributed by atoms with Crippen molar-refractivity contribution in [2.24, 2.45) is 0 Å². The number of aromatic nitrogens is 2. The van der Waals surface area contributed by atoms with Crippen molar-refractivity contribution in [1.82, 2.24) is 9.97 Å². The largest absolute Gasteiger partial charge is 0.363 e. The van der Waals surface area contributed by atoms with E-state index >= 15 is 0 Å². The van der Waals surface area contributed by atoms with Gasteiger partial charge in [0.25, 0.3) is 0 Å². The third-order valence-corrected chi connectivity index (χ3v) is 2.83. The Kier molecular flexibility index (Phi) is 3.65. The minimum atomic E-state index is 0.304. The van der Waals surface area contributed by atoms with Crippen molar-refractivity contribution in [1.29, 1.82) is 0 Å². The van der Waals surface area contributed by atoms with Crippen molar-refractivity contribution >= 4 is 11.3 Å². The lowest BCUT2D eigenvalue weighted by Crippen LogP contribution is -1.97. The van der Waals surface area contributed by atoms with E-state index in [0.29, 0.717) is 13.2 Å². The van der Waals surface area contributed by atoms with Crippen molar-refractivity contribution in [3.63, 3.8) is 0 Å². The molecule has 0 aliphatic carbocycles. The van der Waals surface area contributed by atoms with Crippen LogP contribution < -0.4 is 0 Å². The van der Waals surface area contributed by atoms with Gasteiger partial charge in [-0.1, -0.05) is 12.0 Å². The zero-order chi connectivity index (χ0) is 11.2. The highest BCUT2D eigenvalue weighted by atomic mass is 32.1. The van der Waals surface area contributed by atoms with Gasteiger partial charge in [0.05, 0.1) is 22.9 Å². The molecule has 3 nitrogen and oxygen atoms in total. The van der Waals surface area contributed by atoms with Gasteiger partial charge in [0.1, 0.15) is 12.9 Å². The smallest absolute Gasteiger partial charge is 0.116 e. The van der Waals surface area contributed by atoms with Crippen molar-refractivity contribution in [3.8, 4) is 22.9 Å². The van der Waals surface area contributed by atoms with E-state index in [1.807, 2.05) is 23.6 Å². The Labute approximate surface area is 98.1 Å². The summed E-state index contributed by atoms with van der Waals surface area (Å²) in [5.41, 5.74) is 1.76. The molecule has 80 valence electrons. The number of ether oxygens (including phenoxy) is 1. The Bertz CT molecular complexity index is 488. The second-order valence-corrected chi connectivity index (χ2v) is 4.02. The first-order valence-corrected chi connectivity index (χ1v) is 5.64. The molecule has 0 aliphatic rings. The summed E-state index contributed by atoms with van der Waals surface area (Å²) < 4.78 is 5.22. The third-order valence-electron chi connectivity index (χ3n) is 1.93. The Morgan fingerprint density at radius 3 is 3.12 bits per heavy atom. The van der Waals surface area contributed by atoms with Gasteiger partial charge in [-0.3, -0.25) is 0 Å². The highest BCUT2D eigenvalue weighted by molar-refractivity contribution is 7.13. The van der Waals surface area contributed by atoms with E-state index in [0.717, 1.165) is 16.3 Å². The molecule has 0 fully saturated rings. The first-order chi connectivity index (χ1) is 7.90. The molecule has 0 saturated carbocycles. The van der Waals surface area contributed by atoms with E-state index in [9.17, 15) is 0 Å². The maximum Gasteiger partial charge on any atom is 0.116 e. The lowest BCUT2D eigenvalue weighted by Gasteiger charge is -2.01. The molecule has 2 heterocycles.